The molecule has 1 aliphatic rings. The zero-order valence-corrected chi connectivity index (χ0v) is 16.7. The first-order chi connectivity index (χ1) is 14.1. The van der Waals surface area contributed by atoms with Gasteiger partial charge in [-0.25, -0.2) is 4.79 Å². The number of carbonyl (C=O) groups excluding carboxylic acids is 1. The van der Waals surface area contributed by atoms with Crippen LogP contribution in [0.15, 0.2) is 52.9 Å². The summed E-state index contributed by atoms with van der Waals surface area (Å²) in [6.07, 6.45) is 6.25. The number of nitrogens with zero attached hydrogens (tertiary/aromatic N) is 1. The van der Waals surface area contributed by atoms with E-state index in [2.05, 4.69) is 0 Å². The Morgan fingerprint density at radius 3 is 2.55 bits per heavy atom. The molecule has 1 fully saturated rings. The standard InChI is InChI=1S/C22H21NO5S/c24-22(27-16-12-10-15(11-13-16)23(25)26)21-19(14-29-17-6-2-1-3-7-17)18-8-4-5-9-20(18)28-21/h4-5,8-13,17H,1-3,6-7,14H2. The number of esters is 1. The quantitative estimate of drug-likeness (QED) is 0.210. The van der Waals surface area contributed by atoms with Crippen molar-refractivity contribution in [3.05, 3.63) is 70.0 Å². The molecule has 0 spiro atoms. The summed E-state index contributed by atoms with van der Waals surface area (Å²) in [6.45, 7) is 0. The molecule has 0 aliphatic heterocycles. The fourth-order valence-electron chi connectivity index (χ4n) is 3.63. The van der Waals surface area contributed by atoms with Crippen molar-refractivity contribution in [3.63, 3.8) is 0 Å². The second-order valence-corrected chi connectivity index (χ2v) is 8.41. The highest BCUT2D eigenvalue weighted by molar-refractivity contribution is 7.99. The van der Waals surface area contributed by atoms with E-state index in [4.69, 9.17) is 9.15 Å². The highest BCUT2D eigenvalue weighted by atomic mass is 32.2. The Labute approximate surface area is 172 Å². The normalized spacial score (nSPS) is 14.8. The molecule has 150 valence electrons. The predicted molar refractivity (Wildman–Crippen MR) is 112 cm³/mol. The van der Waals surface area contributed by atoms with Crippen molar-refractivity contribution in [3.8, 4) is 5.75 Å². The van der Waals surface area contributed by atoms with Gasteiger partial charge in [-0.3, -0.25) is 10.1 Å². The summed E-state index contributed by atoms with van der Waals surface area (Å²) in [6, 6.07) is 13.0. The molecule has 0 unspecified atom stereocenters. The Morgan fingerprint density at radius 1 is 1.10 bits per heavy atom. The molecule has 2 aromatic carbocycles. The molecule has 1 aromatic heterocycles. The van der Waals surface area contributed by atoms with Gasteiger partial charge in [-0.05, 0) is 31.0 Å². The molecule has 0 saturated heterocycles. The Balaban J connectivity index is 1.56. The van der Waals surface area contributed by atoms with Crippen molar-refractivity contribution in [2.75, 3.05) is 0 Å². The molecule has 0 atom stereocenters. The summed E-state index contributed by atoms with van der Waals surface area (Å²) in [7, 11) is 0. The monoisotopic (exact) mass is 411 g/mol. The van der Waals surface area contributed by atoms with Gasteiger partial charge in [-0.2, -0.15) is 11.8 Å². The number of furan rings is 1. The Kier molecular flexibility index (Phi) is 5.85. The van der Waals surface area contributed by atoms with Crippen molar-refractivity contribution in [1.82, 2.24) is 0 Å². The van der Waals surface area contributed by atoms with Crippen LogP contribution in [0.3, 0.4) is 0 Å². The molecule has 1 saturated carbocycles. The first-order valence-corrected chi connectivity index (χ1v) is 10.8. The first-order valence-electron chi connectivity index (χ1n) is 9.70. The van der Waals surface area contributed by atoms with Crippen LogP contribution >= 0.6 is 11.8 Å². The maximum Gasteiger partial charge on any atom is 0.379 e. The Bertz CT molecular complexity index is 1020. The highest BCUT2D eigenvalue weighted by Crippen LogP contribution is 2.35. The lowest BCUT2D eigenvalue weighted by atomic mass is 10.0. The summed E-state index contributed by atoms with van der Waals surface area (Å²) in [5, 5.41) is 12.3. The van der Waals surface area contributed by atoms with Gasteiger partial charge < -0.3 is 9.15 Å². The average molecular weight is 411 g/mol. The molecule has 6 nitrogen and oxygen atoms in total. The van der Waals surface area contributed by atoms with Crippen molar-refractivity contribution < 1.29 is 18.9 Å². The van der Waals surface area contributed by atoms with Crippen molar-refractivity contribution in [1.29, 1.82) is 0 Å². The van der Waals surface area contributed by atoms with E-state index in [0.29, 0.717) is 16.6 Å². The third-order valence-electron chi connectivity index (χ3n) is 5.16. The number of nitro benzene ring substituents is 1. The van der Waals surface area contributed by atoms with Crippen LogP contribution in [-0.4, -0.2) is 16.1 Å². The smallest absolute Gasteiger partial charge is 0.379 e. The molecule has 4 rings (SSSR count). The second-order valence-electron chi connectivity index (χ2n) is 7.12. The molecule has 3 aromatic rings. The molecule has 1 aliphatic carbocycles. The number of hydrogen-bond acceptors (Lipinski definition) is 6. The molecule has 0 N–H and O–H groups in total. The number of rotatable bonds is 6. The van der Waals surface area contributed by atoms with E-state index < -0.39 is 10.9 Å². The molecule has 7 heteroatoms. The van der Waals surface area contributed by atoms with Gasteiger partial charge in [0.2, 0.25) is 5.76 Å². The van der Waals surface area contributed by atoms with Crippen molar-refractivity contribution in [2.45, 2.75) is 43.1 Å². The molecular weight excluding hydrogens is 390 g/mol. The van der Waals surface area contributed by atoms with Gasteiger partial charge in [0, 0.05) is 34.1 Å². The number of fused-ring (bicyclic) bond motifs is 1. The van der Waals surface area contributed by atoms with E-state index in [-0.39, 0.29) is 17.2 Å². The summed E-state index contributed by atoms with van der Waals surface area (Å²) in [5.74, 6) is 0.543. The van der Waals surface area contributed by atoms with Crippen LogP contribution in [0, 0.1) is 10.1 Å². The van der Waals surface area contributed by atoms with Crippen LogP contribution < -0.4 is 4.74 Å². The fraction of sp³-hybridized carbons (Fsp3) is 0.318. The van der Waals surface area contributed by atoms with E-state index in [1.54, 1.807) is 0 Å². The van der Waals surface area contributed by atoms with Crippen molar-refractivity contribution in [2.24, 2.45) is 0 Å². The third-order valence-corrected chi connectivity index (χ3v) is 6.56. The van der Waals surface area contributed by atoms with Gasteiger partial charge in [0.25, 0.3) is 5.69 Å². The van der Waals surface area contributed by atoms with E-state index in [1.165, 1.54) is 56.4 Å². The lowest BCUT2D eigenvalue weighted by molar-refractivity contribution is -0.384. The van der Waals surface area contributed by atoms with E-state index >= 15 is 0 Å². The fourth-order valence-corrected chi connectivity index (χ4v) is 4.98. The minimum absolute atomic E-state index is 0.0573. The van der Waals surface area contributed by atoms with E-state index in [0.717, 1.165) is 10.9 Å². The number of non-ortho nitro benzene ring substituents is 1. The number of thioether (sulfide) groups is 1. The van der Waals surface area contributed by atoms with Crippen LogP contribution in [0.4, 0.5) is 5.69 Å². The lowest BCUT2D eigenvalue weighted by Crippen LogP contribution is -2.11. The number of benzene rings is 2. The van der Waals surface area contributed by atoms with Crippen LogP contribution in [0.5, 0.6) is 5.75 Å². The molecular formula is C22H21NO5S. The molecule has 29 heavy (non-hydrogen) atoms. The van der Waals surface area contributed by atoms with Crippen LogP contribution in [0.2, 0.25) is 0 Å². The molecule has 0 amide bonds. The number of carbonyl (C=O) groups is 1. The largest absolute Gasteiger partial charge is 0.449 e. The minimum atomic E-state index is -0.589. The van der Waals surface area contributed by atoms with Crippen molar-refractivity contribution >= 4 is 34.4 Å². The topological polar surface area (TPSA) is 82.6 Å². The van der Waals surface area contributed by atoms with Gasteiger partial charge >= 0.3 is 5.97 Å². The lowest BCUT2D eigenvalue weighted by Gasteiger charge is -2.20. The van der Waals surface area contributed by atoms with Crippen LogP contribution in [0.25, 0.3) is 11.0 Å². The average Bonchev–Trinajstić information content (AvgIpc) is 3.12. The van der Waals surface area contributed by atoms with Crippen LogP contribution in [-0.2, 0) is 5.75 Å². The van der Waals surface area contributed by atoms with Gasteiger partial charge in [-0.15, -0.1) is 0 Å². The first kappa shape index (κ1) is 19.5. The zero-order chi connectivity index (χ0) is 20.2. The van der Waals surface area contributed by atoms with Gasteiger partial charge in [0.15, 0.2) is 0 Å². The van der Waals surface area contributed by atoms with E-state index in [1.807, 2.05) is 36.0 Å². The number of ether oxygens (including phenoxy) is 1. The minimum Gasteiger partial charge on any atom is -0.449 e. The summed E-state index contributed by atoms with van der Waals surface area (Å²) in [5.41, 5.74) is 1.45. The maximum absolute atomic E-state index is 12.8. The molecule has 1 heterocycles. The predicted octanol–water partition coefficient (Wildman–Crippen LogP) is 6.13. The molecule has 0 bridgehead atoms. The summed E-state index contributed by atoms with van der Waals surface area (Å²) in [4.78, 5) is 23.1. The Hall–Kier alpha value is -2.80. The molecule has 0 radical (unpaired) electrons. The maximum atomic E-state index is 12.8. The van der Waals surface area contributed by atoms with Gasteiger partial charge in [0.05, 0.1) is 4.92 Å². The summed E-state index contributed by atoms with van der Waals surface area (Å²) < 4.78 is 11.3. The van der Waals surface area contributed by atoms with Crippen LogP contribution in [0.1, 0.15) is 48.2 Å². The zero-order valence-electron chi connectivity index (χ0n) is 15.8. The van der Waals surface area contributed by atoms with E-state index in [9.17, 15) is 14.9 Å². The Morgan fingerprint density at radius 2 is 1.83 bits per heavy atom. The summed E-state index contributed by atoms with van der Waals surface area (Å²) >= 11 is 1.87. The van der Waals surface area contributed by atoms with Gasteiger partial charge in [0.1, 0.15) is 11.3 Å². The SMILES string of the molecule is O=C(Oc1ccc([N+](=O)[O-])cc1)c1oc2ccccc2c1CSC1CCCCC1. The van der Waals surface area contributed by atoms with Gasteiger partial charge in [-0.1, -0.05) is 37.5 Å². The highest BCUT2D eigenvalue weighted by Gasteiger charge is 2.24. The second kappa shape index (κ2) is 8.69. The number of nitro groups is 1. The number of hydrogen-bond donors (Lipinski definition) is 0. The third kappa shape index (κ3) is 4.45. The number of para-hydroxylation sites is 1.